The van der Waals surface area contributed by atoms with E-state index in [4.69, 9.17) is 28.9 Å². The average Bonchev–Trinajstić information content (AvgIpc) is 3.29. The highest BCUT2D eigenvalue weighted by molar-refractivity contribution is 7.89. The number of aromatic amines is 1. The van der Waals surface area contributed by atoms with Crippen LogP contribution in [0.1, 0.15) is 34.7 Å². The number of rotatable bonds is 5. The molecule has 1 amide bonds. The largest absolute Gasteiger partial charge is 0.366 e. The maximum absolute atomic E-state index is 13.1. The Morgan fingerprint density at radius 3 is 2.31 bits per heavy atom. The number of fused-ring (bicyclic) bond motifs is 1. The van der Waals surface area contributed by atoms with Crippen molar-refractivity contribution in [2.45, 2.75) is 23.7 Å². The highest BCUT2D eigenvalue weighted by Crippen LogP contribution is 2.38. The molecule has 35 heavy (non-hydrogen) atoms. The standard InChI is InChI=1S/C26H23Cl2N3O3S/c27-23-7-6-19(14-24(23)28)35(33,34)31-10-8-17(9-11-31)22-15-30-25-20(22)12-18(13-21(25)26(29)32)16-4-2-1-3-5-16/h1-7,12-15,17,30H,8-11H2,(H2,29,32). The van der Waals surface area contributed by atoms with Gasteiger partial charge in [-0.05, 0) is 65.8 Å². The Hall–Kier alpha value is -2.84. The second-order valence-electron chi connectivity index (χ2n) is 8.67. The maximum atomic E-state index is 13.1. The van der Waals surface area contributed by atoms with Gasteiger partial charge in [0.2, 0.25) is 10.0 Å². The summed E-state index contributed by atoms with van der Waals surface area (Å²) >= 11 is 12.0. The van der Waals surface area contributed by atoms with Gasteiger partial charge in [0, 0.05) is 24.7 Å². The van der Waals surface area contributed by atoms with Crippen LogP contribution < -0.4 is 5.73 Å². The molecule has 3 aromatic carbocycles. The van der Waals surface area contributed by atoms with E-state index >= 15 is 0 Å². The van der Waals surface area contributed by atoms with E-state index in [1.54, 1.807) is 0 Å². The topological polar surface area (TPSA) is 96.3 Å². The number of H-pyrrole nitrogens is 1. The van der Waals surface area contributed by atoms with Gasteiger partial charge in [0.1, 0.15) is 0 Å². The molecule has 1 aliphatic rings. The molecule has 0 bridgehead atoms. The summed E-state index contributed by atoms with van der Waals surface area (Å²) in [6.07, 6.45) is 3.21. The molecule has 0 unspecified atom stereocenters. The zero-order chi connectivity index (χ0) is 24.7. The second-order valence-corrected chi connectivity index (χ2v) is 11.4. The molecule has 1 saturated heterocycles. The van der Waals surface area contributed by atoms with Gasteiger partial charge in [-0.25, -0.2) is 8.42 Å². The summed E-state index contributed by atoms with van der Waals surface area (Å²) < 4.78 is 27.8. The highest BCUT2D eigenvalue weighted by Gasteiger charge is 2.31. The molecule has 9 heteroatoms. The van der Waals surface area contributed by atoms with Crippen molar-refractivity contribution in [2.75, 3.05) is 13.1 Å². The van der Waals surface area contributed by atoms with Crippen molar-refractivity contribution in [3.8, 4) is 11.1 Å². The molecule has 1 fully saturated rings. The molecule has 2 heterocycles. The van der Waals surface area contributed by atoms with Crippen LogP contribution in [-0.4, -0.2) is 36.7 Å². The van der Waals surface area contributed by atoms with Crippen LogP contribution in [0.15, 0.2) is 71.8 Å². The summed E-state index contributed by atoms with van der Waals surface area (Å²) in [4.78, 5) is 15.6. The van der Waals surface area contributed by atoms with Crippen LogP contribution in [-0.2, 0) is 10.0 Å². The Morgan fingerprint density at radius 2 is 1.66 bits per heavy atom. The van der Waals surface area contributed by atoms with Crippen molar-refractivity contribution >= 4 is 50.0 Å². The summed E-state index contributed by atoms with van der Waals surface area (Å²) in [7, 11) is -3.68. The first-order valence-corrected chi connectivity index (χ1v) is 13.4. The van der Waals surface area contributed by atoms with Crippen molar-refractivity contribution in [3.05, 3.63) is 88.0 Å². The smallest absolute Gasteiger partial charge is 0.250 e. The molecule has 0 atom stereocenters. The van der Waals surface area contributed by atoms with Gasteiger partial charge in [-0.15, -0.1) is 0 Å². The fourth-order valence-corrected chi connectivity index (χ4v) is 6.64. The number of aromatic nitrogens is 1. The van der Waals surface area contributed by atoms with Gasteiger partial charge in [0.25, 0.3) is 5.91 Å². The van der Waals surface area contributed by atoms with Gasteiger partial charge in [-0.3, -0.25) is 4.79 Å². The number of benzene rings is 3. The van der Waals surface area contributed by atoms with Crippen LogP contribution in [0.5, 0.6) is 0 Å². The van der Waals surface area contributed by atoms with E-state index in [-0.39, 0.29) is 15.8 Å². The van der Waals surface area contributed by atoms with Crippen molar-refractivity contribution in [3.63, 3.8) is 0 Å². The molecule has 5 rings (SSSR count). The molecule has 6 nitrogen and oxygen atoms in total. The summed E-state index contributed by atoms with van der Waals surface area (Å²) in [6.45, 7) is 0.752. The first kappa shape index (κ1) is 23.9. The zero-order valence-electron chi connectivity index (χ0n) is 18.7. The Morgan fingerprint density at radius 1 is 0.943 bits per heavy atom. The predicted molar refractivity (Wildman–Crippen MR) is 139 cm³/mol. The molecule has 1 aromatic heterocycles. The molecule has 4 aromatic rings. The van der Waals surface area contributed by atoms with Crippen molar-refractivity contribution in [2.24, 2.45) is 5.73 Å². The van der Waals surface area contributed by atoms with E-state index < -0.39 is 15.9 Å². The molecule has 180 valence electrons. The third-order valence-electron chi connectivity index (χ3n) is 6.62. The minimum atomic E-state index is -3.68. The molecule has 3 N–H and O–H groups in total. The minimum Gasteiger partial charge on any atom is -0.366 e. The first-order chi connectivity index (χ1) is 16.8. The van der Waals surface area contributed by atoms with Crippen LogP contribution in [0, 0.1) is 0 Å². The average molecular weight is 528 g/mol. The SMILES string of the molecule is NC(=O)c1cc(-c2ccccc2)cc2c(C3CCN(S(=O)(=O)c4ccc(Cl)c(Cl)c4)CC3)c[nH]c12. The zero-order valence-corrected chi connectivity index (χ0v) is 21.0. The van der Waals surface area contributed by atoms with E-state index in [1.165, 1.54) is 22.5 Å². The fraction of sp³-hybridized carbons (Fsp3) is 0.192. The number of nitrogens with two attached hydrogens (primary N) is 1. The number of hydrogen-bond acceptors (Lipinski definition) is 3. The molecule has 0 aliphatic carbocycles. The number of carbonyl (C=O) groups is 1. The van der Waals surface area contributed by atoms with Crippen LogP contribution in [0.4, 0.5) is 0 Å². The van der Waals surface area contributed by atoms with Gasteiger partial charge < -0.3 is 10.7 Å². The number of primary amides is 1. The molecule has 0 spiro atoms. The van der Waals surface area contributed by atoms with Crippen molar-refractivity contribution in [1.29, 1.82) is 0 Å². The molecule has 1 aliphatic heterocycles. The van der Waals surface area contributed by atoms with Gasteiger partial charge in [-0.1, -0.05) is 53.5 Å². The van der Waals surface area contributed by atoms with Gasteiger partial charge in [0.15, 0.2) is 0 Å². The van der Waals surface area contributed by atoms with E-state index in [1.807, 2.05) is 42.6 Å². The van der Waals surface area contributed by atoms with Crippen molar-refractivity contribution in [1.82, 2.24) is 9.29 Å². The second kappa shape index (κ2) is 9.32. The molecular weight excluding hydrogens is 505 g/mol. The monoisotopic (exact) mass is 527 g/mol. The number of amides is 1. The van der Waals surface area contributed by atoms with E-state index in [0.717, 1.165) is 22.1 Å². The lowest BCUT2D eigenvalue weighted by atomic mass is 9.88. The fourth-order valence-electron chi connectivity index (χ4n) is 4.78. The summed E-state index contributed by atoms with van der Waals surface area (Å²) in [5.74, 6) is -0.362. The first-order valence-electron chi connectivity index (χ1n) is 11.2. The number of sulfonamides is 1. The van der Waals surface area contributed by atoms with Gasteiger partial charge >= 0.3 is 0 Å². The Labute approximate surface area is 213 Å². The lowest BCUT2D eigenvalue weighted by molar-refractivity contribution is 0.100. The Balaban J connectivity index is 1.44. The van der Waals surface area contributed by atoms with Gasteiger partial charge in [0.05, 0.1) is 26.0 Å². The predicted octanol–water partition coefficient (Wildman–Crippen LogP) is 5.81. The maximum Gasteiger partial charge on any atom is 0.250 e. The molecule has 0 saturated carbocycles. The lowest BCUT2D eigenvalue weighted by Gasteiger charge is -2.31. The molecular formula is C26H23Cl2N3O3S. The number of nitrogens with zero attached hydrogens (tertiary/aromatic N) is 1. The highest BCUT2D eigenvalue weighted by atomic mass is 35.5. The van der Waals surface area contributed by atoms with E-state index in [2.05, 4.69) is 11.1 Å². The lowest BCUT2D eigenvalue weighted by Crippen LogP contribution is -2.37. The van der Waals surface area contributed by atoms with E-state index in [0.29, 0.717) is 42.0 Å². The van der Waals surface area contributed by atoms with Crippen LogP contribution >= 0.6 is 23.2 Å². The van der Waals surface area contributed by atoms with Gasteiger partial charge in [-0.2, -0.15) is 4.31 Å². The van der Waals surface area contributed by atoms with E-state index in [9.17, 15) is 13.2 Å². The third kappa shape index (κ3) is 4.45. The molecule has 0 radical (unpaired) electrons. The quantitative estimate of drug-likeness (QED) is 0.342. The van der Waals surface area contributed by atoms with Crippen LogP contribution in [0.2, 0.25) is 10.0 Å². The van der Waals surface area contributed by atoms with Crippen LogP contribution in [0.3, 0.4) is 0 Å². The summed E-state index contributed by atoms with van der Waals surface area (Å²) in [5, 5.41) is 1.46. The Kier molecular flexibility index (Phi) is 6.36. The number of halogens is 2. The van der Waals surface area contributed by atoms with Crippen LogP contribution in [0.25, 0.3) is 22.0 Å². The summed E-state index contributed by atoms with van der Waals surface area (Å²) in [5.41, 5.74) is 9.81. The summed E-state index contributed by atoms with van der Waals surface area (Å²) in [6, 6.07) is 18.1. The number of hydrogen-bond donors (Lipinski definition) is 2. The number of piperidine rings is 1. The van der Waals surface area contributed by atoms with Crippen molar-refractivity contribution < 1.29 is 13.2 Å². The third-order valence-corrected chi connectivity index (χ3v) is 9.25. The number of carbonyl (C=O) groups excluding carboxylic acids is 1. The Bertz CT molecular complexity index is 1530. The number of nitrogens with one attached hydrogen (secondary N) is 1. The normalized spacial score (nSPS) is 15.5. The minimum absolute atomic E-state index is 0.135.